The van der Waals surface area contributed by atoms with Crippen molar-refractivity contribution in [3.63, 3.8) is 0 Å². The van der Waals surface area contributed by atoms with Gasteiger partial charge in [0.1, 0.15) is 11.6 Å². The summed E-state index contributed by atoms with van der Waals surface area (Å²) in [4.78, 5) is 27.9. The third kappa shape index (κ3) is 6.13. The van der Waals surface area contributed by atoms with E-state index in [0.29, 0.717) is 5.75 Å². The highest BCUT2D eigenvalue weighted by atomic mass is 19.1. The van der Waals surface area contributed by atoms with E-state index in [1.165, 1.54) is 23.8 Å². The number of amides is 2. The van der Waals surface area contributed by atoms with Crippen molar-refractivity contribution in [1.29, 1.82) is 0 Å². The van der Waals surface area contributed by atoms with Gasteiger partial charge in [0.25, 0.3) is 5.91 Å². The average molecular weight is 440 g/mol. The van der Waals surface area contributed by atoms with Crippen LogP contribution in [0.25, 0.3) is 11.4 Å². The fourth-order valence-electron chi connectivity index (χ4n) is 2.77. The van der Waals surface area contributed by atoms with Crippen LogP contribution in [0.4, 0.5) is 4.39 Å². The summed E-state index contributed by atoms with van der Waals surface area (Å²) in [6.07, 6.45) is 0. The zero-order valence-electron chi connectivity index (χ0n) is 18.1. The van der Waals surface area contributed by atoms with Crippen LogP contribution in [0.5, 0.6) is 5.75 Å². The maximum Gasteiger partial charge on any atom is 0.316 e. The van der Waals surface area contributed by atoms with Gasteiger partial charge in [-0.15, -0.1) is 0 Å². The standard InChI is InChI=1S/C23H25FN4O4/c1-23(2,3)15-8-10-16(11-9-15)31-14-19(29)25-12-13-26-21(30)22-27-20(28-32-22)17-6-4-5-7-18(17)24/h4-11H,12-14H2,1-3H3,(H,25,29)(H,26,30). The van der Waals surface area contributed by atoms with Crippen molar-refractivity contribution in [1.82, 2.24) is 20.8 Å². The summed E-state index contributed by atoms with van der Waals surface area (Å²) in [6, 6.07) is 13.5. The van der Waals surface area contributed by atoms with E-state index in [2.05, 4.69) is 41.5 Å². The van der Waals surface area contributed by atoms with Crippen molar-refractivity contribution >= 4 is 11.8 Å². The van der Waals surface area contributed by atoms with Crippen molar-refractivity contribution in [3.8, 4) is 17.1 Å². The molecule has 2 amide bonds. The van der Waals surface area contributed by atoms with Crippen LogP contribution in [-0.4, -0.2) is 41.7 Å². The van der Waals surface area contributed by atoms with Gasteiger partial charge in [0, 0.05) is 13.1 Å². The van der Waals surface area contributed by atoms with Crippen LogP contribution in [0, 0.1) is 5.82 Å². The molecule has 8 nitrogen and oxygen atoms in total. The second-order valence-electron chi connectivity index (χ2n) is 8.07. The summed E-state index contributed by atoms with van der Waals surface area (Å²) in [6.45, 7) is 6.55. The first-order valence-corrected chi connectivity index (χ1v) is 10.1. The first kappa shape index (κ1) is 22.9. The third-order valence-corrected chi connectivity index (χ3v) is 4.56. The highest BCUT2D eigenvalue weighted by Crippen LogP contribution is 2.24. The number of hydrogen-bond donors (Lipinski definition) is 2. The molecule has 0 aliphatic heterocycles. The van der Waals surface area contributed by atoms with Crippen LogP contribution in [0.1, 0.15) is 37.0 Å². The molecule has 3 rings (SSSR count). The first-order chi connectivity index (χ1) is 15.2. The van der Waals surface area contributed by atoms with E-state index in [1.807, 2.05) is 24.3 Å². The minimum atomic E-state index is -0.621. The van der Waals surface area contributed by atoms with E-state index in [0.717, 1.165) is 0 Å². The predicted octanol–water partition coefficient (Wildman–Crippen LogP) is 3.10. The van der Waals surface area contributed by atoms with Crippen LogP contribution in [0.15, 0.2) is 53.1 Å². The molecular weight excluding hydrogens is 415 g/mol. The zero-order chi connectivity index (χ0) is 23.1. The van der Waals surface area contributed by atoms with E-state index < -0.39 is 11.7 Å². The Morgan fingerprint density at radius 2 is 1.72 bits per heavy atom. The average Bonchev–Trinajstić information content (AvgIpc) is 3.25. The fourth-order valence-corrected chi connectivity index (χ4v) is 2.77. The van der Waals surface area contributed by atoms with Gasteiger partial charge in [-0.1, -0.05) is 50.2 Å². The molecule has 0 radical (unpaired) electrons. The fraction of sp³-hybridized carbons (Fsp3) is 0.304. The number of aromatic nitrogens is 2. The van der Waals surface area contributed by atoms with E-state index in [-0.39, 0.29) is 48.3 Å². The molecule has 1 heterocycles. The largest absolute Gasteiger partial charge is 0.484 e. The predicted molar refractivity (Wildman–Crippen MR) is 116 cm³/mol. The minimum Gasteiger partial charge on any atom is -0.484 e. The quantitative estimate of drug-likeness (QED) is 0.522. The van der Waals surface area contributed by atoms with Crippen LogP contribution in [0.2, 0.25) is 0 Å². The molecule has 0 saturated heterocycles. The van der Waals surface area contributed by atoms with E-state index in [9.17, 15) is 14.0 Å². The summed E-state index contributed by atoms with van der Waals surface area (Å²) >= 11 is 0. The molecule has 0 fully saturated rings. The molecule has 3 aromatic rings. The molecule has 0 bridgehead atoms. The lowest BCUT2D eigenvalue weighted by Gasteiger charge is -2.19. The molecule has 168 valence electrons. The number of nitrogens with one attached hydrogen (secondary N) is 2. The number of ether oxygens (including phenoxy) is 1. The van der Waals surface area contributed by atoms with Gasteiger partial charge >= 0.3 is 11.8 Å². The maximum absolute atomic E-state index is 13.8. The van der Waals surface area contributed by atoms with Crippen molar-refractivity contribution in [3.05, 3.63) is 65.8 Å². The number of carbonyl (C=O) groups is 2. The monoisotopic (exact) mass is 440 g/mol. The number of rotatable bonds is 8. The molecule has 2 aromatic carbocycles. The molecule has 0 unspecified atom stereocenters. The summed E-state index contributed by atoms with van der Waals surface area (Å²) in [5.41, 5.74) is 1.35. The molecule has 32 heavy (non-hydrogen) atoms. The number of carbonyl (C=O) groups excluding carboxylic acids is 2. The van der Waals surface area contributed by atoms with Gasteiger partial charge in [0.15, 0.2) is 6.61 Å². The normalized spacial score (nSPS) is 11.1. The lowest BCUT2D eigenvalue weighted by Crippen LogP contribution is -2.36. The Kier molecular flexibility index (Phi) is 7.19. The van der Waals surface area contributed by atoms with E-state index >= 15 is 0 Å². The Balaban J connectivity index is 1.38. The Morgan fingerprint density at radius 3 is 2.41 bits per heavy atom. The summed E-state index contributed by atoms with van der Waals surface area (Å²) in [5, 5.41) is 8.81. The number of nitrogens with zero attached hydrogens (tertiary/aromatic N) is 2. The van der Waals surface area contributed by atoms with Crippen molar-refractivity contribution in [2.24, 2.45) is 0 Å². The van der Waals surface area contributed by atoms with Gasteiger partial charge in [0.2, 0.25) is 5.82 Å². The summed E-state index contributed by atoms with van der Waals surface area (Å²) in [5.74, 6) is -1.17. The van der Waals surface area contributed by atoms with Gasteiger partial charge in [-0.25, -0.2) is 4.39 Å². The van der Waals surface area contributed by atoms with Gasteiger partial charge < -0.3 is 19.9 Å². The Bertz CT molecular complexity index is 1070. The van der Waals surface area contributed by atoms with Crippen molar-refractivity contribution < 1.29 is 23.2 Å². The topological polar surface area (TPSA) is 106 Å². The Morgan fingerprint density at radius 1 is 1.03 bits per heavy atom. The molecule has 1 aromatic heterocycles. The van der Waals surface area contributed by atoms with Crippen LogP contribution in [-0.2, 0) is 10.2 Å². The lowest BCUT2D eigenvalue weighted by atomic mass is 9.87. The summed E-state index contributed by atoms with van der Waals surface area (Å²) in [7, 11) is 0. The molecule has 0 atom stereocenters. The lowest BCUT2D eigenvalue weighted by molar-refractivity contribution is -0.123. The van der Waals surface area contributed by atoms with Crippen LogP contribution in [0.3, 0.4) is 0 Å². The van der Waals surface area contributed by atoms with E-state index in [4.69, 9.17) is 9.26 Å². The molecule has 9 heteroatoms. The van der Waals surface area contributed by atoms with Gasteiger partial charge in [0.05, 0.1) is 5.56 Å². The minimum absolute atomic E-state index is 0.0192. The van der Waals surface area contributed by atoms with E-state index in [1.54, 1.807) is 6.07 Å². The molecule has 0 saturated carbocycles. The zero-order valence-corrected chi connectivity index (χ0v) is 18.1. The Hall–Kier alpha value is -3.75. The molecule has 0 aliphatic carbocycles. The van der Waals surface area contributed by atoms with Crippen LogP contribution < -0.4 is 15.4 Å². The highest BCUT2D eigenvalue weighted by Gasteiger charge is 2.17. The van der Waals surface area contributed by atoms with Gasteiger partial charge in [-0.2, -0.15) is 4.98 Å². The van der Waals surface area contributed by atoms with Crippen molar-refractivity contribution in [2.45, 2.75) is 26.2 Å². The Labute approximate surface area is 185 Å². The molecule has 2 N–H and O–H groups in total. The summed E-state index contributed by atoms with van der Waals surface area (Å²) < 4.78 is 24.1. The number of hydrogen-bond acceptors (Lipinski definition) is 6. The highest BCUT2D eigenvalue weighted by molar-refractivity contribution is 5.89. The molecule has 0 spiro atoms. The van der Waals surface area contributed by atoms with Crippen LogP contribution >= 0.6 is 0 Å². The SMILES string of the molecule is CC(C)(C)c1ccc(OCC(=O)NCCNC(=O)c2nc(-c3ccccc3F)no2)cc1. The number of halogens is 1. The maximum atomic E-state index is 13.8. The second-order valence-corrected chi connectivity index (χ2v) is 8.07. The third-order valence-electron chi connectivity index (χ3n) is 4.56. The molecular formula is C23H25FN4O4. The number of benzene rings is 2. The van der Waals surface area contributed by atoms with Gasteiger partial charge in [-0.05, 0) is 35.2 Å². The molecule has 0 aliphatic rings. The van der Waals surface area contributed by atoms with Gasteiger partial charge in [-0.3, -0.25) is 9.59 Å². The first-order valence-electron chi connectivity index (χ1n) is 10.1. The van der Waals surface area contributed by atoms with Crippen molar-refractivity contribution in [2.75, 3.05) is 19.7 Å². The second kappa shape index (κ2) is 10.0. The smallest absolute Gasteiger partial charge is 0.316 e.